The van der Waals surface area contributed by atoms with Crippen LogP contribution < -0.4 is 5.32 Å². The monoisotopic (exact) mass is 415 g/mol. The molecule has 0 atom stereocenters. The van der Waals surface area contributed by atoms with Gasteiger partial charge in [0.25, 0.3) is 0 Å². The summed E-state index contributed by atoms with van der Waals surface area (Å²) < 4.78 is 18.6. The molecule has 0 fully saturated rings. The van der Waals surface area contributed by atoms with E-state index in [2.05, 4.69) is 29.3 Å². The fourth-order valence-electron chi connectivity index (χ4n) is 3.71. The largest absolute Gasteiger partial charge is 0.478 e. The number of rotatable bonds is 4. The highest BCUT2D eigenvalue weighted by molar-refractivity contribution is 5.90. The molecule has 0 bridgehead atoms. The second-order valence-electron chi connectivity index (χ2n) is 6.98. The van der Waals surface area contributed by atoms with Gasteiger partial charge in [-0.1, -0.05) is 60.4 Å². The van der Waals surface area contributed by atoms with E-state index in [-0.39, 0.29) is 30.2 Å². The maximum Gasteiger partial charge on any atom is 0.407 e. The number of amides is 1. The summed E-state index contributed by atoms with van der Waals surface area (Å²) in [6, 6.07) is 19.4. The van der Waals surface area contributed by atoms with Gasteiger partial charge in [0.05, 0.1) is 12.1 Å². The molecular formula is C25H18FNO4. The van der Waals surface area contributed by atoms with Crippen LogP contribution in [0.25, 0.3) is 11.1 Å². The smallest absolute Gasteiger partial charge is 0.407 e. The summed E-state index contributed by atoms with van der Waals surface area (Å²) in [5.41, 5.74) is 4.47. The first-order chi connectivity index (χ1) is 15.0. The number of carbonyl (C=O) groups is 2. The van der Waals surface area contributed by atoms with Crippen LogP contribution in [-0.4, -0.2) is 30.3 Å². The van der Waals surface area contributed by atoms with Gasteiger partial charge in [0.15, 0.2) is 0 Å². The minimum absolute atomic E-state index is 0.0346. The van der Waals surface area contributed by atoms with E-state index in [1.807, 2.05) is 36.4 Å². The van der Waals surface area contributed by atoms with Gasteiger partial charge in [-0.05, 0) is 40.5 Å². The summed E-state index contributed by atoms with van der Waals surface area (Å²) >= 11 is 0. The number of carboxylic acids is 1. The van der Waals surface area contributed by atoms with Crippen LogP contribution in [0.5, 0.6) is 0 Å². The molecule has 5 nitrogen and oxygen atoms in total. The van der Waals surface area contributed by atoms with Gasteiger partial charge in [0, 0.05) is 11.5 Å². The average molecular weight is 415 g/mol. The van der Waals surface area contributed by atoms with E-state index < -0.39 is 17.9 Å². The highest BCUT2D eigenvalue weighted by atomic mass is 19.1. The Hall–Kier alpha value is -4.11. The van der Waals surface area contributed by atoms with Crippen molar-refractivity contribution in [3.05, 3.63) is 94.8 Å². The van der Waals surface area contributed by atoms with Crippen molar-refractivity contribution in [2.75, 3.05) is 13.2 Å². The van der Waals surface area contributed by atoms with E-state index in [0.29, 0.717) is 0 Å². The van der Waals surface area contributed by atoms with Crippen molar-refractivity contribution >= 4 is 12.1 Å². The van der Waals surface area contributed by atoms with Crippen molar-refractivity contribution in [1.82, 2.24) is 5.32 Å². The van der Waals surface area contributed by atoms with Crippen molar-refractivity contribution in [3.8, 4) is 23.0 Å². The zero-order valence-electron chi connectivity index (χ0n) is 16.4. The van der Waals surface area contributed by atoms with Crippen LogP contribution in [0.4, 0.5) is 9.18 Å². The first-order valence-corrected chi connectivity index (χ1v) is 9.65. The van der Waals surface area contributed by atoms with Crippen molar-refractivity contribution in [1.29, 1.82) is 0 Å². The Kier molecular flexibility index (Phi) is 5.67. The number of alkyl carbamates (subject to hydrolysis) is 1. The molecule has 0 aromatic heterocycles. The molecule has 1 aliphatic carbocycles. The Morgan fingerprint density at radius 1 is 1.00 bits per heavy atom. The molecule has 4 rings (SSSR count). The van der Waals surface area contributed by atoms with Crippen molar-refractivity contribution < 1.29 is 23.8 Å². The Morgan fingerprint density at radius 3 is 2.29 bits per heavy atom. The standard InChI is InChI=1S/C25H18FNO4/c26-17-12-11-16(22(14-17)24(28)29)6-5-13-27-25(30)31-15-23-20-9-3-1-7-18(20)19-8-2-4-10-21(19)23/h1-4,7-12,14,23H,13,15H2,(H,27,30)(H,28,29). The van der Waals surface area contributed by atoms with E-state index in [1.54, 1.807) is 0 Å². The van der Waals surface area contributed by atoms with Gasteiger partial charge in [-0.15, -0.1) is 0 Å². The first kappa shape index (κ1) is 20.2. The van der Waals surface area contributed by atoms with Crippen LogP contribution in [0.3, 0.4) is 0 Å². The number of carboxylic acid groups (broad SMARTS) is 1. The first-order valence-electron chi connectivity index (χ1n) is 9.65. The molecule has 0 radical (unpaired) electrons. The number of nitrogens with one attached hydrogen (secondary N) is 1. The van der Waals surface area contributed by atoms with Crippen molar-refractivity contribution in [2.45, 2.75) is 5.92 Å². The summed E-state index contributed by atoms with van der Waals surface area (Å²) in [4.78, 5) is 23.3. The molecule has 6 heteroatoms. The molecule has 0 heterocycles. The number of ether oxygens (including phenoxy) is 1. The Bertz CT molecular complexity index is 1180. The molecule has 154 valence electrons. The summed E-state index contributed by atoms with van der Waals surface area (Å²) in [5.74, 6) is 3.33. The molecular weight excluding hydrogens is 397 g/mol. The van der Waals surface area contributed by atoms with Crippen LogP contribution in [0.2, 0.25) is 0 Å². The predicted octanol–water partition coefficient (Wildman–Crippen LogP) is 4.41. The lowest BCUT2D eigenvalue weighted by atomic mass is 9.98. The zero-order valence-corrected chi connectivity index (χ0v) is 16.4. The fourth-order valence-corrected chi connectivity index (χ4v) is 3.71. The Labute approximate surface area is 178 Å². The predicted molar refractivity (Wildman–Crippen MR) is 113 cm³/mol. The summed E-state index contributed by atoms with van der Waals surface area (Å²) in [6.45, 7) is 0.154. The van der Waals surface area contributed by atoms with Crippen LogP contribution in [0.1, 0.15) is 33.0 Å². The SMILES string of the molecule is O=C(NCC#Cc1ccc(F)cc1C(=O)O)OCC1c2ccccc2-c2ccccc21. The minimum atomic E-state index is -1.27. The maximum absolute atomic E-state index is 13.2. The van der Waals surface area contributed by atoms with Crippen LogP contribution in [-0.2, 0) is 4.74 Å². The minimum Gasteiger partial charge on any atom is -0.478 e. The van der Waals surface area contributed by atoms with Crippen LogP contribution in [0, 0.1) is 17.7 Å². The van der Waals surface area contributed by atoms with Gasteiger partial charge < -0.3 is 15.2 Å². The topological polar surface area (TPSA) is 75.6 Å². The van der Waals surface area contributed by atoms with E-state index >= 15 is 0 Å². The third-order valence-corrected chi connectivity index (χ3v) is 5.10. The molecule has 0 spiro atoms. The van der Waals surface area contributed by atoms with Crippen LogP contribution >= 0.6 is 0 Å². The summed E-state index contributed by atoms with van der Waals surface area (Å²) in [5, 5.41) is 11.7. The Balaban J connectivity index is 1.37. The zero-order chi connectivity index (χ0) is 21.8. The van der Waals surface area contributed by atoms with Gasteiger partial charge >= 0.3 is 12.1 Å². The highest BCUT2D eigenvalue weighted by Crippen LogP contribution is 2.44. The lowest BCUT2D eigenvalue weighted by Crippen LogP contribution is -2.26. The molecule has 0 unspecified atom stereocenters. The highest BCUT2D eigenvalue weighted by Gasteiger charge is 2.28. The second-order valence-corrected chi connectivity index (χ2v) is 6.98. The molecule has 0 saturated carbocycles. The van der Waals surface area contributed by atoms with E-state index in [1.165, 1.54) is 6.07 Å². The number of halogens is 1. The maximum atomic E-state index is 13.2. The third kappa shape index (κ3) is 4.26. The molecule has 2 N–H and O–H groups in total. The third-order valence-electron chi connectivity index (χ3n) is 5.10. The summed E-state index contributed by atoms with van der Waals surface area (Å²) in [6.07, 6.45) is -0.617. The molecule has 3 aromatic carbocycles. The van der Waals surface area contributed by atoms with E-state index in [4.69, 9.17) is 9.84 Å². The second kappa shape index (κ2) is 8.72. The van der Waals surface area contributed by atoms with Crippen LogP contribution in [0.15, 0.2) is 66.7 Å². The molecule has 31 heavy (non-hydrogen) atoms. The van der Waals surface area contributed by atoms with Gasteiger partial charge in [0.2, 0.25) is 0 Å². The average Bonchev–Trinajstić information content (AvgIpc) is 3.10. The van der Waals surface area contributed by atoms with Gasteiger partial charge in [0.1, 0.15) is 12.4 Å². The molecule has 0 aliphatic heterocycles. The number of carbonyl (C=O) groups excluding carboxylic acids is 1. The normalized spacial score (nSPS) is 11.6. The number of benzene rings is 3. The van der Waals surface area contributed by atoms with Gasteiger partial charge in [-0.2, -0.15) is 0 Å². The lowest BCUT2D eigenvalue weighted by Gasteiger charge is -2.14. The molecule has 0 saturated heterocycles. The number of aromatic carboxylic acids is 1. The summed E-state index contributed by atoms with van der Waals surface area (Å²) in [7, 11) is 0. The molecule has 1 aliphatic rings. The fraction of sp³-hybridized carbons (Fsp3) is 0.120. The van der Waals surface area contributed by atoms with E-state index in [9.17, 15) is 14.0 Å². The van der Waals surface area contributed by atoms with Gasteiger partial charge in [-0.25, -0.2) is 14.0 Å². The number of hydrogen-bond acceptors (Lipinski definition) is 3. The van der Waals surface area contributed by atoms with Crippen molar-refractivity contribution in [2.24, 2.45) is 0 Å². The molecule has 3 aromatic rings. The van der Waals surface area contributed by atoms with Crippen molar-refractivity contribution in [3.63, 3.8) is 0 Å². The van der Waals surface area contributed by atoms with Gasteiger partial charge in [-0.3, -0.25) is 0 Å². The molecule has 1 amide bonds. The lowest BCUT2D eigenvalue weighted by molar-refractivity contribution is 0.0696. The van der Waals surface area contributed by atoms with E-state index in [0.717, 1.165) is 34.4 Å². The number of hydrogen-bond donors (Lipinski definition) is 2. The number of fused-ring (bicyclic) bond motifs is 3. The quantitative estimate of drug-likeness (QED) is 0.619. The Morgan fingerprint density at radius 2 is 1.65 bits per heavy atom.